The quantitative estimate of drug-likeness (QED) is 0.888. The Kier molecular flexibility index (Phi) is 3.32. The minimum Gasteiger partial charge on any atom is -0.382 e. The van der Waals surface area contributed by atoms with E-state index in [0.29, 0.717) is 12.1 Å². The summed E-state index contributed by atoms with van der Waals surface area (Å²) in [5.41, 5.74) is 2.99. The van der Waals surface area contributed by atoms with E-state index in [-0.39, 0.29) is 5.41 Å². The molecule has 1 saturated carbocycles. The van der Waals surface area contributed by atoms with Crippen molar-refractivity contribution in [2.75, 3.05) is 12.4 Å². The fourth-order valence-electron chi connectivity index (χ4n) is 2.61. The van der Waals surface area contributed by atoms with E-state index in [1.165, 1.54) is 0 Å². The number of aryl methyl sites for hydroxylation is 1. The monoisotopic (exact) mass is 244 g/mol. The minimum absolute atomic E-state index is 0.149. The molecular formula is C15H20N2O. The molecule has 1 aliphatic carbocycles. The lowest BCUT2D eigenvalue weighted by Gasteiger charge is -2.51. The molecule has 0 radical (unpaired) electrons. The average Bonchev–Trinajstić information content (AvgIpc) is 2.34. The number of nitrogens with one attached hydrogen (secondary N) is 1. The van der Waals surface area contributed by atoms with Gasteiger partial charge in [0.05, 0.1) is 17.7 Å². The SMILES string of the molecule is COC1CC(Nc2ccc(C#N)c(C)c2)C1(C)C. The number of anilines is 1. The van der Waals surface area contributed by atoms with Gasteiger partial charge in [-0.3, -0.25) is 0 Å². The highest BCUT2D eigenvalue weighted by Gasteiger charge is 2.48. The molecule has 0 heterocycles. The van der Waals surface area contributed by atoms with Gasteiger partial charge < -0.3 is 10.1 Å². The van der Waals surface area contributed by atoms with E-state index in [1.807, 2.05) is 25.1 Å². The summed E-state index contributed by atoms with van der Waals surface area (Å²) >= 11 is 0. The van der Waals surface area contributed by atoms with Gasteiger partial charge in [-0.05, 0) is 37.1 Å². The van der Waals surface area contributed by atoms with Crippen molar-refractivity contribution in [3.63, 3.8) is 0 Å². The van der Waals surface area contributed by atoms with Gasteiger partial charge in [-0.15, -0.1) is 0 Å². The highest BCUT2D eigenvalue weighted by molar-refractivity contribution is 5.52. The van der Waals surface area contributed by atoms with Gasteiger partial charge in [0.1, 0.15) is 0 Å². The van der Waals surface area contributed by atoms with Crippen LogP contribution in [0.1, 0.15) is 31.4 Å². The lowest BCUT2D eigenvalue weighted by Crippen LogP contribution is -2.57. The molecule has 0 aliphatic heterocycles. The van der Waals surface area contributed by atoms with Gasteiger partial charge in [0, 0.05) is 24.3 Å². The van der Waals surface area contributed by atoms with Crippen LogP contribution in [0.15, 0.2) is 18.2 Å². The van der Waals surface area contributed by atoms with E-state index in [2.05, 4.69) is 25.2 Å². The van der Waals surface area contributed by atoms with Crippen molar-refractivity contribution in [2.45, 2.75) is 39.3 Å². The highest BCUT2D eigenvalue weighted by Crippen LogP contribution is 2.44. The molecule has 96 valence electrons. The zero-order valence-electron chi connectivity index (χ0n) is 11.4. The van der Waals surface area contributed by atoms with Crippen LogP contribution in [0, 0.1) is 23.7 Å². The van der Waals surface area contributed by atoms with Crippen LogP contribution >= 0.6 is 0 Å². The van der Waals surface area contributed by atoms with Crippen LogP contribution in [0.5, 0.6) is 0 Å². The lowest BCUT2D eigenvalue weighted by atomic mass is 9.64. The Labute approximate surface area is 109 Å². The minimum atomic E-state index is 0.149. The highest BCUT2D eigenvalue weighted by atomic mass is 16.5. The summed E-state index contributed by atoms with van der Waals surface area (Å²) in [4.78, 5) is 0. The number of rotatable bonds is 3. The number of hydrogen-bond acceptors (Lipinski definition) is 3. The summed E-state index contributed by atoms with van der Waals surface area (Å²) in [7, 11) is 1.77. The molecule has 1 aromatic carbocycles. The standard InChI is InChI=1S/C15H20N2O/c1-10-7-12(6-5-11(10)9-16)17-13-8-14(18-4)15(13,2)3/h5-7,13-14,17H,8H2,1-4H3. The van der Waals surface area contributed by atoms with Crippen LogP contribution in [0.2, 0.25) is 0 Å². The predicted molar refractivity (Wildman–Crippen MR) is 72.5 cm³/mol. The maximum absolute atomic E-state index is 8.91. The van der Waals surface area contributed by atoms with Crippen molar-refractivity contribution in [1.82, 2.24) is 0 Å². The summed E-state index contributed by atoms with van der Waals surface area (Å²) < 4.78 is 5.45. The summed E-state index contributed by atoms with van der Waals surface area (Å²) in [5.74, 6) is 0. The van der Waals surface area contributed by atoms with Gasteiger partial charge in [-0.25, -0.2) is 0 Å². The summed E-state index contributed by atoms with van der Waals surface area (Å²) in [6.07, 6.45) is 1.36. The second-order valence-corrected chi connectivity index (χ2v) is 5.62. The number of nitriles is 1. The molecule has 2 rings (SSSR count). The average molecular weight is 244 g/mol. The van der Waals surface area contributed by atoms with Crippen LogP contribution in [0.25, 0.3) is 0 Å². The number of benzene rings is 1. The normalized spacial score (nSPS) is 25.1. The summed E-state index contributed by atoms with van der Waals surface area (Å²) in [6, 6.07) is 8.50. The Hall–Kier alpha value is -1.53. The van der Waals surface area contributed by atoms with E-state index in [1.54, 1.807) is 7.11 Å². The second kappa shape index (κ2) is 4.62. The molecule has 18 heavy (non-hydrogen) atoms. The van der Waals surface area contributed by atoms with Gasteiger partial charge in [0.15, 0.2) is 0 Å². The third-order valence-electron chi connectivity index (χ3n) is 4.15. The number of methoxy groups -OCH3 is 1. The van der Waals surface area contributed by atoms with Gasteiger partial charge in [-0.1, -0.05) is 13.8 Å². The van der Waals surface area contributed by atoms with E-state index in [9.17, 15) is 0 Å². The van der Waals surface area contributed by atoms with Crippen molar-refractivity contribution >= 4 is 5.69 Å². The molecule has 1 fully saturated rings. The molecule has 1 N–H and O–H groups in total. The first-order chi connectivity index (χ1) is 8.48. The fourth-order valence-corrected chi connectivity index (χ4v) is 2.61. The smallest absolute Gasteiger partial charge is 0.0994 e. The predicted octanol–water partition coefficient (Wildman–Crippen LogP) is 3.09. The van der Waals surface area contributed by atoms with E-state index in [4.69, 9.17) is 10.00 Å². The van der Waals surface area contributed by atoms with Crippen molar-refractivity contribution in [3.8, 4) is 6.07 Å². The molecule has 3 heteroatoms. The maximum atomic E-state index is 8.91. The molecule has 1 aliphatic rings. The number of ether oxygens (including phenoxy) is 1. The third-order valence-corrected chi connectivity index (χ3v) is 4.15. The second-order valence-electron chi connectivity index (χ2n) is 5.62. The first-order valence-electron chi connectivity index (χ1n) is 6.29. The molecule has 0 bridgehead atoms. The Morgan fingerprint density at radius 1 is 1.44 bits per heavy atom. The van der Waals surface area contributed by atoms with Gasteiger partial charge in [0.2, 0.25) is 0 Å². The van der Waals surface area contributed by atoms with Crippen molar-refractivity contribution < 1.29 is 4.74 Å². The van der Waals surface area contributed by atoms with Gasteiger partial charge in [-0.2, -0.15) is 5.26 Å². The Morgan fingerprint density at radius 3 is 2.67 bits per heavy atom. The molecule has 0 aromatic heterocycles. The summed E-state index contributed by atoms with van der Waals surface area (Å²) in [5, 5.41) is 12.4. The summed E-state index contributed by atoms with van der Waals surface area (Å²) in [6.45, 7) is 6.41. The van der Waals surface area contributed by atoms with E-state index < -0.39 is 0 Å². The lowest BCUT2D eigenvalue weighted by molar-refractivity contribution is -0.0794. The molecule has 0 amide bonds. The van der Waals surface area contributed by atoms with E-state index >= 15 is 0 Å². The molecule has 2 unspecified atom stereocenters. The molecule has 3 nitrogen and oxygen atoms in total. The molecule has 0 spiro atoms. The molecular weight excluding hydrogens is 224 g/mol. The number of hydrogen-bond donors (Lipinski definition) is 1. The Balaban J connectivity index is 2.08. The first kappa shape index (κ1) is 12.9. The fraction of sp³-hybridized carbons (Fsp3) is 0.533. The van der Waals surface area contributed by atoms with E-state index in [0.717, 1.165) is 23.2 Å². The van der Waals surface area contributed by atoms with Crippen LogP contribution in [0.3, 0.4) is 0 Å². The third kappa shape index (κ3) is 2.09. The van der Waals surface area contributed by atoms with Crippen molar-refractivity contribution in [1.29, 1.82) is 5.26 Å². The van der Waals surface area contributed by atoms with Gasteiger partial charge in [0.25, 0.3) is 0 Å². The first-order valence-corrected chi connectivity index (χ1v) is 6.29. The Morgan fingerprint density at radius 2 is 2.17 bits per heavy atom. The van der Waals surface area contributed by atoms with Crippen LogP contribution in [-0.2, 0) is 4.74 Å². The topological polar surface area (TPSA) is 45.0 Å². The molecule has 2 atom stereocenters. The van der Waals surface area contributed by atoms with Crippen LogP contribution in [0.4, 0.5) is 5.69 Å². The van der Waals surface area contributed by atoms with Crippen LogP contribution < -0.4 is 5.32 Å². The number of nitrogens with zero attached hydrogens (tertiary/aromatic N) is 1. The van der Waals surface area contributed by atoms with Crippen molar-refractivity contribution in [3.05, 3.63) is 29.3 Å². The zero-order chi connectivity index (χ0) is 13.3. The molecule has 1 aromatic rings. The van der Waals surface area contributed by atoms with Gasteiger partial charge >= 0.3 is 0 Å². The van der Waals surface area contributed by atoms with Crippen LogP contribution in [-0.4, -0.2) is 19.3 Å². The zero-order valence-corrected chi connectivity index (χ0v) is 11.4. The molecule has 0 saturated heterocycles. The Bertz CT molecular complexity index is 488. The maximum Gasteiger partial charge on any atom is 0.0994 e. The van der Waals surface area contributed by atoms with Crippen molar-refractivity contribution in [2.24, 2.45) is 5.41 Å². The largest absolute Gasteiger partial charge is 0.382 e.